The van der Waals surface area contributed by atoms with Gasteiger partial charge in [0.15, 0.2) is 6.61 Å². The first-order valence-electron chi connectivity index (χ1n) is 3.83. The van der Waals surface area contributed by atoms with E-state index in [4.69, 9.17) is 10.5 Å². The van der Waals surface area contributed by atoms with Crippen LogP contribution in [0, 0.1) is 0 Å². The summed E-state index contributed by atoms with van der Waals surface area (Å²) < 4.78 is 5.07. The zero-order chi connectivity index (χ0) is 9.68. The second kappa shape index (κ2) is 4.77. The summed E-state index contributed by atoms with van der Waals surface area (Å²) in [6, 6.07) is 7.36. The molecule has 1 amide bonds. The molecule has 0 aliphatic rings. The number of ether oxygens (including phenoxy) is 1. The molecule has 0 saturated heterocycles. The maximum Gasteiger partial charge on any atom is 0.255 e. The van der Waals surface area contributed by atoms with E-state index in [0.717, 1.165) is 5.56 Å². The number of hydrogen-bond acceptors (Lipinski definition) is 3. The number of amides is 1. The summed E-state index contributed by atoms with van der Waals surface area (Å²) in [7, 11) is 0. The Kier molecular flexibility index (Phi) is 3.64. The molecule has 0 aliphatic carbocycles. The van der Waals surface area contributed by atoms with Crippen molar-refractivity contribution in [3.63, 3.8) is 0 Å². The van der Waals surface area contributed by atoms with Gasteiger partial charge in [-0.1, -0.05) is 12.1 Å². The number of primary amides is 1. The molecule has 2 N–H and O–H groups in total. The van der Waals surface area contributed by atoms with Gasteiger partial charge in [0, 0.05) is 5.75 Å². The first kappa shape index (κ1) is 9.92. The summed E-state index contributed by atoms with van der Waals surface area (Å²) >= 11 is 4.11. The standard InChI is InChI=1S/C9H11NO2S/c10-9(11)5-12-8-3-1-7(6-13)2-4-8/h1-4,13H,5-6H2,(H2,10,11). The average Bonchev–Trinajstić information content (AvgIpc) is 2.15. The largest absolute Gasteiger partial charge is 0.484 e. The van der Waals surface area contributed by atoms with Crippen LogP contribution in [0.25, 0.3) is 0 Å². The highest BCUT2D eigenvalue weighted by molar-refractivity contribution is 7.79. The molecule has 70 valence electrons. The van der Waals surface area contributed by atoms with Gasteiger partial charge >= 0.3 is 0 Å². The minimum atomic E-state index is -0.474. The SMILES string of the molecule is NC(=O)COc1ccc(CS)cc1. The van der Waals surface area contributed by atoms with E-state index >= 15 is 0 Å². The third-order valence-corrected chi connectivity index (χ3v) is 1.85. The molecule has 1 rings (SSSR count). The van der Waals surface area contributed by atoms with Crippen molar-refractivity contribution in [3.05, 3.63) is 29.8 Å². The van der Waals surface area contributed by atoms with Gasteiger partial charge in [-0.25, -0.2) is 0 Å². The highest BCUT2D eigenvalue weighted by atomic mass is 32.1. The predicted octanol–water partition coefficient (Wildman–Crippen LogP) is 0.980. The van der Waals surface area contributed by atoms with Crippen molar-refractivity contribution < 1.29 is 9.53 Å². The Morgan fingerprint density at radius 2 is 2.00 bits per heavy atom. The minimum absolute atomic E-state index is 0.0831. The highest BCUT2D eigenvalue weighted by Gasteiger charge is 1.96. The molecule has 0 aliphatic heterocycles. The minimum Gasteiger partial charge on any atom is -0.484 e. The number of nitrogens with two attached hydrogens (primary N) is 1. The number of thiol groups is 1. The maximum atomic E-state index is 10.4. The lowest BCUT2D eigenvalue weighted by Crippen LogP contribution is -2.19. The Hall–Kier alpha value is -1.16. The van der Waals surface area contributed by atoms with Gasteiger partial charge in [0.25, 0.3) is 5.91 Å². The Morgan fingerprint density at radius 3 is 2.46 bits per heavy atom. The average molecular weight is 197 g/mol. The van der Waals surface area contributed by atoms with Crippen LogP contribution in [-0.4, -0.2) is 12.5 Å². The van der Waals surface area contributed by atoms with Crippen LogP contribution in [0.15, 0.2) is 24.3 Å². The molecule has 1 aromatic carbocycles. The van der Waals surface area contributed by atoms with Crippen molar-refractivity contribution in [1.82, 2.24) is 0 Å². The van der Waals surface area contributed by atoms with Crippen LogP contribution >= 0.6 is 12.6 Å². The molecular weight excluding hydrogens is 186 g/mol. The van der Waals surface area contributed by atoms with Crippen LogP contribution in [-0.2, 0) is 10.5 Å². The van der Waals surface area contributed by atoms with Crippen LogP contribution in [0.2, 0.25) is 0 Å². The van der Waals surface area contributed by atoms with Crippen LogP contribution in [0.4, 0.5) is 0 Å². The Balaban J connectivity index is 2.54. The molecule has 13 heavy (non-hydrogen) atoms. The molecule has 0 aromatic heterocycles. The van der Waals surface area contributed by atoms with E-state index in [9.17, 15) is 4.79 Å². The van der Waals surface area contributed by atoms with Crippen LogP contribution in [0.3, 0.4) is 0 Å². The van der Waals surface area contributed by atoms with E-state index in [-0.39, 0.29) is 6.61 Å². The molecule has 0 heterocycles. The molecule has 1 aromatic rings. The quantitative estimate of drug-likeness (QED) is 0.707. The molecule has 0 atom stereocenters. The Bertz CT molecular complexity index is 284. The molecular formula is C9H11NO2S. The summed E-state index contributed by atoms with van der Waals surface area (Å²) in [5.41, 5.74) is 6.03. The number of hydrogen-bond donors (Lipinski definition) is 2. The van der Waals surface area contributed by atoms with E-state index in [0.29, 0.717) is 11.5 Å². The summed E-state index contributed by atoms with van der Waals surface area (Å²) in [6.07, 6.45) is 0. The fraction of sp³-hybridized carbons (Fsp3) is 0.222. The van der Waals surface area contributed by atoms with Gasteiger partial charge in [-0.2, -0.15) is 12.6 Å². The van der Waals surface area contributed by atoms with Crippen molar-refractivity contribution in [2.75, 3.05) is 6.61 Å². The Morgan fingerprint density at radius 1 is 1.38 bits per heavy atom. The summed E-state index contributed by atoms with van der Waals surface area (Å²) in [5, 5.41) is 0. The Labute approximate surface area is 82.3 Å². The van der Waals surface area contributed by atoms with Gasteiger partial charge in [-0.15, -0.1) is 0 Å². The van der Waals surface area contributed by atoms with Crippen LogP contribution in [0.1, 0.15) is 5.56 Å². The molecule has 0 fully saturated rings. The lowest BCUT2D eigenvalue weighted by atomic mass is 10.2. The summed E-state index contributed by atoms with van der Waals surface area (Å²) in [5.74, 6) is 0.860. The van der Waals surface area contributed by atoms with Crippen molar-refractivity contribution in [3.8, 4) is 5.75 Å². The van der Waals surface area contributed by atoms with Crippen molar-refractivity contribution in [2.45, 2.75) is 5.75 Å². The normalized spacial score (nSPS) is 9.62. The first-order chi connectivity index (χ1) is 6.22. The van der Waals surface area contributed by atoms with Crippen LogP contribution in [0.5, 0.6) is 5.75 Å². The van der Waals surface area contributed by atoms with Gasteiger partial charge < -0.3 is 10.5 Å². The summed E-state index contributed by atoms with van der Waals surface area (Å²) in [4.78, 5) is 10.4. The summed E-state index contributed by atoms with van der Waals surface area (Å²) in [6.45, 7) is -0.0831. The fourth-order valence-electron chi connectivity index (χ4n) is 0.846. The lowest BCUT2D eigenvalue weighted by Gasteiger charge is -2.03. The predicted molar refractivity (Wildman–Crippen MR) is 53.8 cm³/mol. The van der Waals surface area contributed by atoms with Gasteiger partial charge in [-0.05, 0) is 17.7 Å². The third kappa shape index (κ3) is 3.38. The molecule has 0 unspecified atom stereocenters. The topological polar surface area (TPSA) is 52.3 Å². The van der Waals surface area contributed by atoms with Crippen molar-refractivity contribution >= 4 is 18.5 Å². The zero-order valence-electron chi connectivity index (χ0n) is 7.06. The second-order valence-electron chi connectivity index (χ2n) is 2.56. The third-order valence-electron chi connectivity index (χ3n) is 1.49. The number of rotatable bonds is 4. The molecule has 0 saturated carbocycles. The smallest absolute Gasteiger partial charge is 0.255 e. The first-order valence-corrected chi connectivity index (χ1v) is 4.46. The van der Waals surface area contributed by atoms with Crippen LogP contribution < -0.4 is 10.5 Å². The molecule has 4 heteroatoms. The van der Waals surface area contributed by atoms with E-state index in [1.54, 1.807) is 12.1 Å². The number of carbonyl (C=O) groups is 1. The van der Waals surface area contributed by atoms with Crippen molar-refractivity contribution in [2.24, 2.45) is 5.73 Å². The van der Waals surface area contributed by atoms with Gasteiger partial charge in [0.05, 0.1) is 0 Å². The van der Waals surface area contributed by atoms with Crippen molar-refractivity contribution in [1.29, 1.82) is 0 Å². The van der Waals surface area contributed by atoms with E-state index in [1.165, 1.54) is 0 Å². The fourth-order valence-corrected chi connectivity index (χ4v) is 1.06. The van der Waals surface area contributed by atoms with Gasteiger partial charge in [-0.3, -0.25) is 4.79 Å². The zero-order valence-corrected chi connectivity index (χ0v) is 7.96. The lowest BCUT2D eigenvalue weighted by molar-refractivity contribution is -0.119. The second-order valence-corrected chi connectivity index (χ2v) is 2.87. The van der Waals surface area contributed by atoms with E-state index < -0.39 is 5.91 Å². The molecule has 0 spiro atoms. The molecule has 0 bridgehead atoms. The number of benzene rings is 1. The molecule has 3 nitrogen and oxygen atoms in total. The van der Waals surface area contributed by atoms with Gasteiger partial charge in [0.2, 0.25) is 0 Å². The monoisotopic (exact) mass is 197 g/mol. The maximum absolute atomic E-state index is 10.4. The van der Waals surface area contributed by atoms with E-state index in [2.05, 4.69) is 12.6 Å². The van der Waals surface area contributed by atoms with Gasteiger partial charge in [0.1, 0.15) is 5.75 Å². The highest BCUT2D eigenvalue weighted by Crippen LogP contribution is 2.12. The number of carbonyl (C=O) groups excluding carboxylic acids is 1. The molecule has 0 radical (unpaired) electrons. The van der Waals surface area contributed by atoms with E-state index in [1.807, 2.05) is 12.1 Å².